The summed E-state index contributed by atoms with van der Waals surface area (Å²) in [5.41, 5.74) is 1.61. The molecule has 0 aliphatic heterocycles. The van der Waals surface area contributed by atoms with E-state index in [1.54, 1.807) is 0 Å². The molecule has 4 aromatic carbocycles. The number of ether oxygens (including phenoxy) is 4. The van der Waals surface area contributed by atoms with Crippen LogP contribution in [-0.2, 0) is 5.41 Å². The minimum Gasteiger partial charge on any atom is -0.490 e. The minimum absolute atomic E-state index is 0.0397. The van der Waals surface area contributed by atoms with Gasteiger partial charge >= 0.3 is 0 Å². The van der Waals surface area contributed by atoms with Crippen molar-refractivity contribution in [3.63, 3.8) is 0 Å². The largest absolute Gasteiger partial charge is 0.490 e. The summed E-state index contributed by atoms with van der Waals surface area (Å²) in [6.45, 7) is 4.47. The van der Waals surface area contributed by atoms with Crippen LogP contribution < -0.4 is 18.9 Å². The van der Waals surface area contributed by atoms with E-state index >= 15 is 0 Å². The third-order valence-corrected chi connectivity index (χ3v) is 11.5. The second kappa shape index (κ2) is 17.9. The van der Waals surface area contributed by atoms with Gasteiger partial charge in [0.25, 0.3) is 0 Å². The lowest BCUT2D eigenvalue weighted by Gasteiger charge is -2.28. The topological polar surface area (TPSA) is 77.4 Å². The molecule has 0 aliphatic carbocycles. The molecular formula is C33H28Br8O6. The normalized spacial score (nSPS) is 12.9. The fourth-order valence-electron chi connectivity index (χ4n) is 4.30. The van der Waals surface area contributed by atoms with Gasteiger partial charge in [-0.3, -0.25) is 0 Å². The smallest absolute Gasteiger partial charge is 0.147 e. The van der Waals surface area contributed by atoms with E-state index in [4.69, 9.17) is 18.9 Å². The van der Waals surface area contributed by atoms with Crippen LogP contribution in [0.5, 0.6) is 23.0 Å². The zero-order valence-corrected chi connectivity index (χ0v) is 37.5. The standard InChI is InChI=1S/C33H28Br8O6/c1-33(2,17-7-25(38)31(26(39)8-17)46-15-21(42)13-44-29-5-3-19(34)11-23(29)36)18-9-27(40)32(28(41)10-18)47-16-22(43)14-45-30-6-4-20(35)12-24(30)37/h3-12,21-22,42-43H,13-16H2,1-2H3. The zero-order valence-electron chi connectivity index (χ0n) is 24.8. The van der Waals surface area contributed by atoms with E-state index in [9.17, 15) is 10.2 Å². The molecule has 2 unspecified atom stereocenters. The molecule has 2 N–H and O–H groups in total. The first-order chi connectivity index (χ1) is 22.1. The van der Waals surface area contributed by atoms with Crippen LogP contribution >= 0.6 is 127 Å². The first-order valence-electron chi connectivity index (χ1n) is 13.9. The molecule has 6 nitrogen and oxygen atoms in total. The average Bonchev–Trinajstić information content (AvgIpc) is 2.99. The van der Waals surface area contributed by atoms with Gasteiger partial charge in [-0.05, 0) is 167 Å². The molecule has 0 saturated heterocycles. The molecule has 0 radical (unpaired) electrons. The number of rotatable bonds is 14. The predicted octanol–water partition coefficient (Wildman–Crippen LogP) is 11.7. The number of aliphatic hydroxyl groups is 2. The maximum Gasteiger partial charge on any atom is 0.147 e. The molecule has 47 heavy (non-hydrogen) atoms. The molecule has 14 heteroatoms. The highest BCUT2D eigenvalue weighted by Gasteiger charge is 2.28. The molecule has 0 aliphatic rings. The van der Waals surface area contributed by atoms with Gasteiger partial charge in [-0.2, -0.15) is 0 Å². The van der Waals surface area contributed by atoms with Crippen LogP contribution in [0.1, 0.15) is 25.0 Å². The highest BCUT2D eigenvalue weighted by atomic mass is 79.9. The van der Waals surface area contributed by atoms with E-state index in [0.29, 0.717) is 23.0 Å². The van der Waals surface area contributed by atoms with Gasteiger partial charge in [0.15, 0.2) is 0 Å². The maximum atomic E-state index is 10.5. The highest BCUT2D eigenvalue weighted by molar-refractivity contribution is 9.12. The van der Waals surface area contributed by atoms with E-state index in [0.717, 1.165) is 46.9 Å². The van der Waals surface area contributed by atoms with Crippen LogP contribution in [0.25, 0.3) is 0 Å². The van der Waals surface area contributed by atoms with Crippen molar-refractivity contribution in [1.29, 1.82) is 0 Å². The van der Waals surface area contributed by atoms with Gasteiger partial charge in [-0.1, -0.05) is 45.7 Å². The first-order valence-corrected chi connectivity index (χ1v) is 20.3. The lowest BCUT2D eigenvalue weighted by atomic mass is 9.78. The van der Waals surface area contributed by atoms with Crippen molar-refractivity contribution in [1.82, 2.24) is 0 Å². The lowest BCUT2D eigenvalue weighted by molar-refractivity contribution is 0.0618. The second-order valence-corrected chi connectivity index (χ2v) is 17.8. The van der Waals surface area contributed by atoms with Crippen molar-refractivity contribution in [3.8, 4) is 23.0 Å². The monoisotopic (exact) mass is 1150 g/mol. The molecule has 0 heterocycles. The molecule has 4 rings (SSSR count). The molecule has 0 saturated carbocycles. The second-order valence-electron chi connectivity index (χ2n) is 10.9. The molecule has 0 spiro atoms. The molecule has 4 aromatic rings. The summed E-state index contributed by atoms with van der Waals surface area (Å²) in [5.74, 6) is 2.42. The third kappa shape index (κ3) is 10.9. The van der Waals surface area contributed by atoms with Crippen LogP contribution in [0.3, 0.4) is 0 Å². The Morgan fingerprint density at radius 1 is 0.489 bits per heavy atom. The van der Waals surface area contributed by atoms with Gasteiger partial charge in [-0.15, -0.1) is 0 Å². The molecule has 0 amide bonds. The Bertz CT molecular complexity index is 1550. The van der Waals surface area contributed by atoms with Crippen LogP contribution in [0.4, 0.5) is 0 Å². The van der Waals surface area contributed by atoms with Crippen LogP contribution in [0, 0.1) is 0 Å². The van der Waals surface area contributed by atoms with Gasteiger partial charge in [0.05, 0.1) is 26.8 Å². The predicted molar refractivity (Wildman–Crippen MR) is 213 cm³/mol. The van der Waals surface area contributed by atoms with Gasteiger partial charge < -0.3 is 29.2 Å². The fraction of sp³-hybridized carbons (Fsp3) is 0.273. The van der Waals surface area contributed by atoms with Crippen molar-refractivity contribution >= 4 is 127 Å². The lowest BCUT2D eigenvalue weighted by Crippen LogP contribution is -2.25. The Balaban J connectivity index is 1.38. The molecule has 2 atom stereocenters. The van der Waals surface area contributed by atoms with E-state index < -0.39 is 17.6 Å². The van der Waals surface area contributed by atoms with Crippen LogP contribution in [0.2, 0.25) is 0 Å². The number of halogens is 8. The van der Waals surface area contributed by atoms with E-state index in [2.05, 4.69) is 141 Å². The van der Waals surface area contributed by atoms with Crippen molar-refractivity contribution < 1.29 is 29.2 Å². The summed E-state index contributed by atoms with van der Waals surface area (Å²) in [6, 6.07) is 19.2. The van der Waals surface area contributed by atoms with Gasteiger partial charge in [0.1, 0.15) is 61.6 Å². The van der Waals surface area contributed by atoms with E-state index in [1.807, 2.05) is 60.7 Å². The average molecular weight is 1160 g/mol. The summed E-state index contributed by atoms with van der Waals surface area (Å²) in [6.07, 6.45) is -1.70. The summed E-state index contributed by atoms with van der Waals surface area (Å²) in [5, 5.41) is 21.0. The Labute approximate surface area is 341 Å². The quantitative estimate of drug-likeness (QED) is 0.131. The number of hydrogen-bond donors (Lipinski definition) is 2. The minimum atomic E-state index is -0.849. The summed E-state index contributed by atoms with van der Waals surface area (Å²) in [7, 11) is 0. The number of benzene rings is 4. The third-order valence-electron chi connectivity index (χ3n) is 6.93. The van der Waals surface area contributed by atoms with Crippen molar-refractivity contribution in [3.05, 3.63) is 108 Å². The summed E-state index contributed by atoms with van der Waals surface area (Å²) in [4.78, 5) is 0. The Morgan fingerprint density at radius 2 is 0.809 bits per heavy atom. The van der Waals surface area contributed by atoms with Gasteiger partial charge in [0.2, 0.25) is 0 Å². The Hall–Kier alpha value is -0.160. The number of hydrogen-bond acceptors (Lipinski definition) is 6. The van der Waals surface area contributed by atoms with E-state index in [-0.39, 0.29) is 26.4 Å². The maximum absolute atomic E-state index is 10.5. The van der Waals surface area contributed by atoms with Crippen molar-refractivity contribution in [2.24, 2.45) is 0 Å². The van der Waals surface area contributed by atoms with Gasteiger partial charge in [0, 0.05) is 14.4 Å². The van der Waals surface area contributed by atoms with E-state index in [1.165, 1.54) is 0 Å². The number of aliphatic hydroxyl groups excluding tert-OH is 2. The first kappa shape index (κ1) is 39.6. The molecular weight excluding hydrogens is 1130 g/mol. The SMILES string of the molecule is CC(C)(c1cc(Br)c(OCC(O)COc2ccc(Br)cc2Br)c(Br)c1)c1cc(Br)c(OCC(O)COc2ccc(Br)cc2Br)c(Br)c1. The fourth-order valence-corrected chi connectivity index (χ4v) is 9.45. The summed E-state index contributed by atoms with van der Waals surface area (Å²) < 4.78 is 29.8. The molecule has 0 aromatic heterocycles. The van der Waals surface area contributed by atoms with Crippen LogP contribution in [0.15, 0.2) is 96.4 Å². The summed E-state index contributed by atoms with van der Waals surface area (Å²) >= 11 is 28.4. The van der Waals surface area contributed by atoms with Crippen LogP contribution in [-0.4, -0.2) is 48.8 Å². The molecule has 0 bridgehead atoms. The highest BCUT2D eigenvalue weighted by Crippen LogP contribution is 2.44. The van der Waals surface area contributed by atoms with Crippen molar-refractivity contribution in [2.45, 2.75) is 31.5 Å². The molecule has 252 valence electrons. The van der Waals surface area contributed by atoms with Crippen molar-refractivity contribution in [2.75, 3.05) is 26.4 Å². The van der Waals surface area contributed by atoms with Gasteiger partial charge in [-0.25, -0.2) is 0 Å². The Morgan fingerprint density at radius 3 is 1.13 bits per heavy atom. The Kier molecular flexibility index (Phi) is 15.1. The molecule has 0 fully saturated rings. The zero-order chi connectivity index (χ0) is 34.5.